The van der Waals surface area contributed by atoms with E-state index >= 15 is 0 Å². The van der Waals surface area contributed by atoms with Crippen LogP contribution < -0.4 is 14.8 Å². The second kappa shape index (κ2) is 11.0. The molecular weight excluding hydrogens is 518 g/mol. The Labute approximate surface area is 229 Å². The quantitative estimate of drug-likeness (QED) is 0.270. The number of rotatable bonds is 7. The molecule has 3 aromatic rings. The highest BCUT2D eigenvalue weighted by molar-refractivity contribution is 6.00. The van der Waals surface area contributed by atoms with Crippen molar-refractivity contribution in [2.24, 2.45) is 5.92 Å². The average molecular weight is 546 g/mol. The summed E-state index contributed by atoms with van der Waals surface area (Å²) in [5.74, 6) is -1.97. The molecule has 0 aliphatic carbocycles. The predicted octanol–water partition coefficient (Wildman–Crippen LogP) is 3.69. The molecule has 3 aromatic carbocycles. The lowest BCUT2D eigenvalue weighted by molar-refractivity contribution is -0.386. The first-order chi connectivity index (χ1) is 19.3. The largest absolute Gasteiger partial charge is 0.469 e. The lowest BCUT2D eigenvalue weighted by Crippen LogP contribution is -2.46. The van der Waals surface area contributed by atoms with E-state index < -0.39 is 40.7 Å². The van der Waals surface area contributed by atoms with Crippen LogP contribution in [0.3, 0.4) is 0 Å². The average Bonchev–Trinajstić information content (AvgIpc) is 3.60. The maximum absolute atomic E-state index is 14.1. The number of hydrogen-bond acceptors (Lipinski definition) is 8. The number of nitro benzene ring substituents is 1. The van der Waals surface area contributed by atoms with E-state index in [1.165, 1.54) is 42.3 Å². The minimum atomic E-state index is -1.14. The summed E-state index contributed by atoms with van der Waals surface area (Å²) >= 11 is 0. The van der Waals surface area contributed by atoms with Gasteiger partial charge in [-0.25, -0.2) is 0 Å². The molecule has 11 heteroatoms. The maximum Gasteiger partial charge on any atom is 0.311 e. The minimum absolute atomic E-state index is 0.00395. The van der Waals surface area contributed by atoms with Gasteiger partial charge in [0.2, 0.25) is 12.7 Å². The smallest absolute Gasteiger partial charge is 0.311 e. The minimum Gasteiger partial charge on any atom is -0.469 e. The number of benzene rings is 3. The number of esters is 1. The third-order valence-electron chi connectivity index (χ3n) is 7.19. The van der Waals surface area contributed by atoms with E-state index in [1.807, 2.05) is 31.2 Å². The van der Waals surface area contributed by atoms with Crippen LogP contribution in [0.5, 0.6) is 11.5 Å². The molecule has 5 rings (SSSR count). The van der Waals surface area contributed by atoms with E-state index in [2.05, 4.69) is 5.32 Å². The van der Waals surface area contributed by atoms with Crippen molar-refractivity contribution in [3.05, 3.63) is 99.1 Å². The highest BCUT2D eigenvalue weighted by atomic mass is 16.7. The van der Waals surface area contributed by atoms with Crippen LogP contribution in [-0.2, 0) is 20.9 Å². The monoisotopic (exact) mass is 545 g/mol. The molecule has 0 spiro atoms. The highest BCUT2D eigenvalue weighted by Crippen LogP contribution is 2.46. The van der Waals surface area contributed by atoms with Gasteiger partial charge in [-0.1, -0.05) is 48.0 Å². The molecule has 1 N–H and O–H groups in total. The highest BCUT2D eigenvalue weighted by Gasteiger charge is 2.52. The summed E-state index contributed by atoms with van der Waals surface area (Å²) in [7, 11) is 1.20. The fourth-order valence-corrected chi connectivity index (χ4v) is 5.21. The van der Waals surface area contributed by atoms with Gasteiger partial charge >= 0.3 is 5.97 Å². The van der Waals surface area contributed by atoms with Crippen LogP contribution in [0.25, 0.3) is 0 Å². The molecule has 0 radical (unpaired) electrons. The number of nitrogens with zero attached hydrogens (tertiary/aromatic N) is 2. The van der Waals surface area contributed by atoms with Crippen molar-refractivity contribution in [1.29, 1.82) is 0 Å². The Kier molecular flexibility index (Phi) is 7.37. The molecular formula is C29H27N3O8. The van der Waals surface area contributed by atoms with Crippen molar-refractivity contribution < 1.29 is 33.5 Å². The van der Waals surface area contributed by atoms with Gasteiger partial charge in [-0.15, -0.1) is 0 Å². The molecule has 3 atom stereocenters. The normalized spacial score (nSPS) is 19.2. The summed E-state index contributed by atoms with van der Waals surface area (Å²) in [5.41, 5.74) is 1.95. The molecule has 2 heterocycles. The Morgan fingerprint density at radius 1 is 1.05 bits per heavy atom. The summed E-state index contributed by atoms with van der Waals surface area (Å²) in [5, 5.41) is 14.8. The number of methoxy groups -OCH3 is 1. The number of likely N-dealkylation sites (tertiary alicyclic amines) is 1. The standard InChI is InChI=1S/C29H27N3O8/c1-17-7-9-18(10-8-17)15-30-27(33)23-14-21(29(35)38-2)26(20-5-3-4-6-22(20)32(36)37)31(23)28(34)19-11-12-24-25(13-19)40-16-39-24/h3-13,21,23,26H,14-16H2,1-2H3,(H,30,33). The number of carbonyl (C=O) groups excluding carboxylic acids is 3. The number of para-hydroxylation sites is 1. The number of fused-ring (bicyclic) bond motifs is 1. The third kappa shape index (κ3) is 5.05. The molecule has 2 amide bonds. The van der Waals surface area contributed by atoms with Crippen LogP contribution in [0.4, 0.5) is 5.69 Å². The number of nitro groups is 1. The van der Waals surface area contributed by atoms with Gasteiger partial charge in [0.15, 0.2) is 11.5 Å². The molecule has 1 fully saturated rings. The zero-order valence-corrected chi connectivity index (χ0v) is 21.9. The molecule has 0 aromatic heterocycles. The number of nitrogens with one attached hydrogen (secondary N) is 1. The summed E-state index contributed by atoms with van der Waals surface area (Å²) in [6.45, 7) is 2.15. The van der Waals surface area contributed by atoms with Crippen LogP contribution in [0.1, 0.15) is 39.5 Å². The fourth-order valence-electron chi connectivity index (χ4n) is 5.21. The summed E-state index contributed by atoms with van der Waals surface area (Å²) < 4.78 is 15.8. The van der Waals surface area contributed by atoms with E-state index in [0.29, 0.717) is 11.5 Å². The maximum atomic E-state index is 14.1. The van der Waals surface area contributed by atoms with Crippen molar-refractivity contribution in [2.45, 2.75) is 32.0 Å². The van der Waals surface area contributed by atoms with Crippen molar-refractivity contribution >= 4 is 23.5 Å². The van der Waals surface area contributed by atoms with Gasteiger partial charge in [-0.2, -0.15) is 0 Å². The number of aryl methyl sites for hydroxylation is 1. The van der Waals surface area contributed by atoms with Gasteiger partial charge in [-0.3, -0.25) is 24.5 Å². The van der Waals surface area contributed by atoms with E-state index in [4.69, 9.17) is 14.2 Å². The SMILES string of the molecule is COC(=O)C1CC(C(=O)NCc2ccc(C)cc2)N(C(=O)c2ccc3c(c2)OCO3)C1c1ccccc1[N+](=O)[O-]. The predicted molar refractivity (Wildman–Crippen MR) is 142 cm³/mol. The second-order valence-corrected chi connectivity index (χ2v) is 9.63. The van der Waals surface area contributed by atoms with Crippen LogP contribution in [0, 0.1) is 23.0 Å². The Hall–Kier alpha value is -4.93. The van der Waals surface area contributed by atoms with Crippen molar-refractivity contribution in [2.75, 3.05) is 13.9 Å². The Morgan fingerprint density at radius 3 is 2.50 bits per heavy atom. The fraction of sp³-hybridized carbons (Fsp3) is 0.276. The van der Waals surface area contributed by atoms with Gasteiger partial charge in [0.25, 0.3) is 11.6 Å². The number of ether oxygens (including phenoxy) is 3. The first kappa shape index (κ1) is 26.7. The molecule has 11 nitrogen and oxygen atoms in total. The Morgan fingerprint density at radius 2 is 1.77 bits per heavy atom. The van der Waals surface area contributed by atoms with Gasteiger partial charge in [0.1, 0.15) is 6.04 Å². The molecule has 40 heavy (non-hydrogen) atoms. The third-order valence-corrected chi connectivity index (χ3v) is 7.19. The van der Waals surface area contributed by atoms with Crippen LogP contribution in [-0.4, -0.2) is 47.6 Å². The van der Waals surface area contributed by atoms with Gasteiger partial charge < -0.3 is 24.4 Å². The Bertz CT molecular complexity index is 1470. The van der Waals surface area contributed by atoms with E-state index in [9.17, 15) is 24.5 Å². The summed E-state index contributed by atoms with van der Waals surface area (Å²) in [4.78, 5) is 53.4. The molecule has 2 aliphatic heterocycles. The summed E-state index contributed by atoms with van der Waals surface area (Å²) in [6.07, 6.45) is -0.0839. The first-order valence-electron chi connectivity index (χ1n) is 12.6. The van der Waals surface area contributed by atoms with Crippen molar-refractivity contribution in [1.82, 2.24) is 10.2 Å². The molecule has 1 saturated heterocycles. The number of amides is 2. The lowest BCUT2D eigenvalue weighted by atomic mass is 9.91. The van der Waals surface area contributed by atoms with Crippen LogP contribution in [0.15, 0.2) is 66.7 Å². The van der Waals surface area contributed by atoms with Gasteiger partial charge in [0, 0.05) is 18.2 Å². The van der Waals surface area contributed by atoms with Crippen molar-refractivity contribution in [3.8, 4) is 11.5 Å². The van der Waals surface area contributed by atoms with Crippen molar-refractivity contribution in [3.63, 3.8) is 0 Å². The molecule has 3 unspecified atom stereocenters. The second-order valence-electron chi connectivity index (χ2n) is 9.63. The Balaban J connectivity index is 1.57. The topological polar surface area (TPSA) is 137 Å². The van der Waals surface area contributed by atoms with Gasteiger partial charge in [-0.05, 0) is 37.1 Å². The van der Waals surface area contributed by atoms with Crippen LogP contribution in [0.2, 0.25) is 0 Å². The van der Waals surface area contributed by atoms with E-state index in [1.54, 1.807) is 12.1 Å². The zero-order valence-electron chi connectivity index (χ0n) is 21.9. The number of hydrogen-bond donors (Lipinski definition) is 1. The lowest BCUT2D eigenvalue weighted by Gasteiger charge is -2.31. The molecule has 0 saturated carbocycles. The first-order valence-corrected chi connectivity index (χ1v) is 12.6. The van der Waals surface area contributed by atoms with E-state index in [-0.39, 0.29) is 36.6 Å². The van der Waals surface area contributed by atoms with Crippen LogP contribution >= 0.6 is 0 Å². The van der Waals surface area contributed by atoms with Gasteiger partial charge in [0.05, 0.1) is 29.6 Å². The molecule has 2 aliphatic rings. The zero-order chi connectivity index (χ0) is 28.4. The molecule has 206 valence electrons. The van der Waals surface area contributed by atoms with E-state index in [0.717, 1.165) is 11.1 Å². The number of carbonyl (C=O) groups is 3. The molecule has 0 bridgehead atoms. The summed E-state index contributed by atoms with van der Waals surface area (Å²) in [6, 6.07) is 15.8.